The summed E-state index contributed by atoms with van der Waals surface area (Å²) in [6.45, 7) is 6.26. The molecule has 1 rings (SSSR count). The number of halogens is 1. The number of hydrogen-bond donors (Lipinski definition) is 3. The van der Waals surface area contributed by atoms with Gasteiger partial charge in [0.15, 0.2) is 0 Å². The van der Waals surface area contributed by atoms with Gasteiger partial charge in [0.1, 0.15) is 5.82 Å². The Morgan fingerprint density at radius 1 is 1.39 bits per heavy atom. The average molecular weight is 254 g/mol. The molecule has 3 atom stereocenters. The van der Waals surface area contributed by atoms with E-state index in [4.69, 9.17) is 10.8 Å². The molecular weight excluding hydrogens is 231 g/mol. The van der Waals surface area contributed by atoms with Gasteiger partial charge in [-0.05, 0) is 25.8 Å². The summed E-state index contributed by atoms with van der Waals surface area (Å²) in [4.78, 5) is 0. The van der Waals surface area contributed by atoms with Crippen LogP contribution < -0.4 is 11.1 Å². The first kappa shape index (κ1) is 15.1. The monoisotopic (exact) mass is 254 g/mol. The van der Waals surface area contributed by atoms with Crippen LogP contribution in [0.1, 0.15) is 31.0 Å². The van der Waals surface area contributed by atoms with E-state index in [9.17, 15) is 4.39 Å². The molecule has 1 aromatic carbocycles. The van der Waals surface area contributed by atoms with Crippen LogP contribution in [-0.4, -0.2) is 24.3 Å². The number of benzene rings is 1. The Labute approximate surface area is 108 Å². The van der Waals surface area contributed by atoms with Gasteiger partial charge in [-0.25, -0.2) is 4.39 Å². The van der Waals surface area contributed by atoms with Crippen molar-refractivity contribution in [1.82, 2.24) is 5.32 Å². The fraction of sp³-hybridized carbons (Fsp3) is 0.571. The van der Waals surface area contributed by atoms with E-state index >= 15 is 0 Å². The molecule has 3 unspecified atom stereocenters. The third-order valence-corrected chi connectivity index (χ3v) is 3.37. The number of rotatable bonds is 6. The average Bonchev–Trinajstić information content (AvgIpc) is 2.37. The van der Waals surface area contributed by atoms with Crippen molar-refractivity contribution in [1.29, 1.82) is 0 Å². The second-order valence-electron chi connectivity index (χ2n) is 4.93. The highest BCUT2D eigenvalue weighted by Gasteiger charge is 2.19. The lowest BCUT2D eigenvalue weighted by Crippen LogP contribution is -2.40. The van der Waals surface area contributed by atoms with Crippen molar-refractivity contribution in [3.05, 3.63) is 35.1 Å². The van der Waals surface area contributed by atoms with Crippen molar-refractivity contribution >= 4 is 0 Å². The van der Waals surface area contributed by atoms with Gasteiger partial charge in [0.25, 0.3) is 0 Å². The Hall–Kier alpha value is -0.970. The molecule has 0 saturated heterocycles. The van der Waals surface area contributed by atoms with Crippen LogP contribution in [0.2, 0.25) is 0 Å². The van der Waals surface area contributed by atoms with Crippen LogP contribution in [0.15, 0.2) is 18.2 Å². The Balaban J connectivity index is 2.86. The molecule has 0 radical (unpaired) electrons. The van der Waals surface area contributed by atoms with Crippen molar-refractivity contribution in [2.75, 3.05) is 13.2 Å². The molecule has 0 aliphatic heterocycles. The van der Waals surface area contributed by atoms with Crippen molar-refractivity contribution in [2.24, 2.45) is 11.7 Å². The minimum absolute atomic E-state index is 0.0727. The Morgan fingerprint density at radius 3 is 2.61 bits per heavy atom. The van der Waals surface area contributed by atoms with Gasteiger partial charge in [-0.15, -0.1) is 0 Å². The minimum Gasteiger partial charge on any atom is -0.396 e. The third kappa shape index (κ3) is 3.77. The Kier molecular flexibility index (Phi) is 5.72. The molecule has 0 heterocycles. The number of nitrogens with one attached hydrogen (secondary N) is 1. The molecule has 0 aromatic heterocycles. The zero-order valence-electron chi connectivity index (χ0n) is 11.3. The standard InChI is InChI=1S/C14H23FN2O/c1-9-4-5-13(15)12(6-9)14(7-16)17-11(3)10(2)8-18/h4-6,10-11,14,17-18H,7-8,16H2,1-3H3. The molecule has 0 fully saturated rings. The van der Waals surface area contributed by atoms with E-state index in [-0.39, 0.29) is 30.4 Å². The lowest BCUT2D eigenvalue weighted by Gasteiger charge is -2.26. The fourth-order valence-corrected chi connectivity index (χ4v) is 1.85. The summed E-state index contributed by atoms with van der Waals surface area (Å²) in [6.07, 6.45) is 0. The normalized spacial score (nSPS) is 16.3. The van der Waals surface area contributed by atoms with Crippen LogP contribution in [0.3, 0.4) is 0 Å². The molecule has 0 aliphatic rings. The molecule has 18 heavy (non-hydrogen) atoms. The first-order chi connectivity index (χ1) is 8.49. The van der Waals surface area contributed by atoms with E-state index < -0.39 is 0 Å². The summed E-state index contributed by atoms with van der Waals surface area (Å²) in [6, 6.07) is 4.87. The second kappa shape index (κ2) is 6.83. The van der Waals surface area contributed by atoms with Crippen LogP contribution >= 0.6 is 0 Å². The summed E-state index contributed by atoms with van der Waals surface area (Å²) < 4.78 is 13.8. The maximum atomic E-state index is 13.8. The van der Waals surface area contributed by atoms with Crippen molar-refractivity contribution in [3.8, 4) is 0 Å². The summed E-state index contributed by atoms with van der Waals surface area (Å²) in [5.41, 5.74) is 7.32. The van der Waals surface area contributed by atoms with E-state index in [0.29, 0.717) is 12.1 Å². The quantitative estimate of drug-likeness (QED) is 0.725. The van der Waals surface area contributed by atoms with E-state index in [1.807, 2.05) is 26.8 Å². The van der Waals surface area contributed by atoms with Crippen LogP contribution in [0.25, 0.3) is 0 Å². The molecule has 0 saturated carbocycles. The largest absolute Gasteiger partial charge is 0.396 e. The predicted molar refractivity (Wildman–Crippen MR) is 71.8 cm³/mol. The molecule has 0 amide bonds. The SMILES string of the molecule is Cc1ccc(F)c(C(CN)NC(C)C(C)CO)c1. The molecule has 0 bridgehead atoms. The van der Waals surface area contributed by atoms with Crippen molar-refractivity contribution in [3.63, 3.8) is 0 Å². The van der Waals surface area contributed by atoms with Gasteiger partial charge >= 0.3 is 0 Å². The van der Waals surface area contributed by atoms with Crippen LogP contribution in [0.5, 0.6) is 0 Å². The predicted octanol–water partition coefficient (Wildman–Crippen LogP) is 1.74. The van der Waals surface area contributed by atoms with Gasteiger partial charge in [-0.3, -0.25) is 0 Å². The molecule has 102 valence electrons. The van der Waals surface area contributed by atoms with Gasteiger partial charge < -0.3 is 16.2 Å². The molecule has 4 heteroatoms. The third-order valence-electron chi connectivity index (χ3n) is 3.37. The molecule has 1 aromatic rings. The highest BCUT2D eigenvalue weighted by Crippen LogP contribution is 2.19. The van der Waals surface area contributed by atoms with Gasteiger partial charge in [-0.1, -0.05) is 24.6 Å². The fourth-order valence-electron chi connectivity index (χ4n) is 1.85. The molecule has 0 aliphatic carbocycles. The minimum atomic E-state index is -0.243. The van der Waals surface area contributed by atoms with Crippen molar-refractivity contribution < 1.29 is 9.50 Å². The lowest BCUT2D eigenvalue weighted by atomic mass is 9.99. The van der Waals surface area contributed by atoms with Gasteiger partial charge in [0.05, 0.1) is 0 Å². The van der Waals surface area contributed by atoms with E-state index in [1.54, 1.807) is 6.07 Å². The zero-order valence-corrected chi connectivity index (χ0v) is 11.3. The van der Waals surface area contributed by atoms with Gasteiger partial charge in [0.2, 0.25) is 0 Å². The Bertz CT molecular complexity index is 384. The maximum Gasteiger partial charge on any atom is 0.128 e. The van der Waals surface area contributed by atoms with E-state index in [0.717, 1.165) is 5.56 Å². The smallest absolute Gasteiger partial charge is 0.128 e. The van der Waals surface area contributed by atoms with E-state index in [1.165, 1.54) is 6.07 Å². The van der Waals surface area contributed by atoms with Crippen LogP contribution in [0, 0.1) is 18.7 Å². The number of hydrogen-bond acceptors (Lipinski definition) is 3. The maximum absolute atomic E-state index is 13.8. The summed E-state index contributed by atoms with van der Waals surface area (Å²) >= 11 is 0. The molecule has 3 nitrogen and oxygen atoms in total. The lowest BCUT2D eigenvalue weighted by molar-refractivity contribution is 0.201. The summed E-state index contributed by atoms with van der Waals surface area (Å²) in [5.74, 6) is -0.140. The second-order valence-corrected chi connectivity index (χ2v) is 4.93. The van der Waals surface area contributed by atoms with Crippen molar-refractivity contribution in [2.45, 2.75) is 32.9 Å². The molecular formula is C14H23FN2O. The topological polar surface area (TPSA) is 58.3 Å². The number of nitrogens with two attached hydrogens (primary N) is 1. The van der Waals surface area contributed by atoms with E-state index in [2.05, 4.69) is 5.32 Å². The molecule has 0 spiro atoms. The number of aliphatic hydroxyl groups is 1. The van der Waals surface area contributed by atoms with Gasteiger partial charge in [-0.2, -0.15) is 0 Å². The first-order valence-corrected chi connectivity index (χ1v) is 6.32. The molecule has 4 N–H and O–H groups in total. The van der Waals surface area contributed by atoms with Gasteiger partial charge in [0, 0.05) is 30.8 Å². The van der Waals surface area contributed by atoms with Crippen LogP contribution in [0.4, 0.5) is 4.39 Å². The zero-order chi connectivity index (χ0) is 13.7. The highest BCUT2D eigenvalue weighted by molar-refractivity contribution is 5.27. The summed E-state index contributed by atoms with van der Waals surface area (Å²) in [7, 11) is 0. The first-order valence-electron chi connectivity index (χ1n) is 6.32. The summed E-state index contributed by atoms with van der Waals surface area (Å²) in [5, 5.41) is 12.4. The Morgan fingerprint density at radius 2 is 2.06 bits per heavy atom. The highest BCUT2D eigenvalue weighted by atomic mass is 19.1. The number of aryl methyl sites for hydroxylation is 1. The van der Waals surface area contributed by atoms with Crippen LogP contribution in [-0.2, 0) is 0 Å². The number of aliphatic hydroxyl groups excluding tert-OH is 1.